The van der Waals surface area contributed by atoms with Gasteiger partial charge in [-0.25, -0.2) is 9.40 Å². The molecule has 0 radical (unpaired) electrons. The van der Waals surface area contributed by atoms with Gasteiger partial charge in [-0.05, 0) is 12.1 Å². The van der Waals surface area contributed by atoms with Crippen molar-refractivity contribution < 1.29 is 21.2 Å². The molecule has 0 aliphatic rings. The summed E-state index contributed by atoms with van der Waals surface area (Å²) in [5, 5.41) is 2.12. The molecule has 2 heterocycles. The fourth-order valence-electron chi connectivity index (χ4n) is 1.41. The predicted octanol–water partition coefficient (Wildman–Crippen LogP) is -0.141. The van der Waals surface area contributed by atoms with E-state index in [2.05, 4.69) is 4.98 Å². The fraction of sp³-hybridized carbons (Fsp3) is 0. The van der Waals surface area contributed by atoms with Crippen molar-refractivity contribution in [2.24, 2.45) is 0 Å². The minimum atomic E-state index is 0. The smallest absolute Gasteiger partial charge is 0.325 e. The van der Waals surface area contributed by atoms with E-state index in [0.717, 1.165) is 21.9 Å². The lowest BCUT2D eigenvalue weighted by Crippen LogP contribution is -3.00. The molecule has 70 valence electrons. The summed E-state index contributed by atoms with van der Waals surface area (Å²) in [6.45, 7) is 0. The lowest BCUT2D eigenvalue weighted by atomic mass is 10.2. The molecule has 3 nitrogen and oxygen atoms in total. The Bertz CT molecular complexity index is 527. The largest absolute Gasteiger partial charge is 1.00 e. The Morgan fingerprint density at radius 1 is 1.21 bits per heavy atom. The van der Waals surface area contributed by atoms with E-state index in [1.165, 1.54) is 6.39 Å². The Hall–Kier alpha value is -1.61. The number of rotatable bonds is 0. The Labute approximate surface area is 85.8 Å². The van der Waals surface area contributed by atoms with Gasteiger partial charge in [-0.3, -0.25) is 0 Å². The highest BCUT2D eigenvalue weighted by Gasteiger charge is 2.04. The summed E-state index contributed by atoms with van der Waals surface area (Å²) in [6.07, 6.45) is 4.78. The normalized spacial score (nSPS) is 10.3. The molecule has 1 aromatic carbocycles. The van der Waals surface area contributed by atoms with Gasteiger partial charge in [0.1, 0.15) is 5.52 Å². The first kappa shape index (κ1) is 8.97. The van der Waals surface area contributed by atoms with Crippen LogP contribution in [-0.2, 0) is 0 Å². The number of aromatic nitrogens is 1. The first-order chi connectivity index (χ1) is 6.43. The highest BCUT2D eigenvalue weighted by molar-refractivity contribution is 5.93. The lowest BCUT2D eigenvalue weighted by molar-refractivity contribution is -0.00000342. The van der Waals surface area contributed by atoms with Crippen LogP contribution in [-0.4, -0.2) is 4.98 Å². The number of fused-ring (bicyclic) bond motifs is 2. The van der Waals surface area contributed by atoms with Gasteiger partial charge in [0.25, 0.3) is 0 Å². The Morgan fingerprint density at radius 2 is 2.14 bits per heavy atom. The summed E-state index contributed by atoms with van der Waals surface area (Å²) in [4.78, 5) is 4.07. The molecule has 0 spiro atoms. The maximum absolute atomic E-state index is 5.17. The van der Waals surface area contributed by atoms with Gasteiger partial charge in [0, 0.05) is 11.5 Å². The first-order valence-electron chi connectivity index (χ1n) is 3.96. The fourth-order valence-corrected chi connectivity index (χ4v) is 1.41. The van der Waals surface area contributed by atoms with Crippen molar-refractivity contribution in [3.05, 3.63) is 37.1 Å². The van der Waals surface area contributed by atoms with Crippen molar-refractivity contribution >= 4 is 21.9 Å². The molecule has 0 aliphatic heterocycles. The van der Waals surface area contributed by atoms with Crippen molar-refractivity contribution in [2.75, 3.05) is 0 Å². The number of hydrogen-bond acceptors (Lipinski definition) is 2. The molecule has 4 heteroatoms. The zero-order valence-corrected chi connectivity index (χ0v) is 7.86. The second kappa shape index (κ2) is 3.27. The minimum Gasteiger partial charge on any atom is -1.00 e. The third-order valence-corrected chi connectivity index (χ3v) is 2.06. The molecular formula is C10H6ClNO2. The third kappa shape index (κ3) is 1.22. The number of halogens is 1. The monoisotopic (exact) mass is 207 g/mol. The molecule has 0 N–H and O–H groups in total. The Balaban J connectivity index is 0.000000750. The van der Waals surface area contributed by atoms with Crippen LogP contribution in [0, 0.1) is 0 Å². The van der Waals surface area contributed by atoms with Crippen LogP contribution in [0.15, 0.2) is 46.0 Å². The second-order valence-corrected chi connectivity index (χ2v) is 2.86. The van der Waals surface area contributed by atoms with Gasteiger partial charge in [0.2, 0.25) is 0 Å². The maximum atomic E-state index is 5.17. The van der Waals surface area contributed by atoms with E-state index in [0.29, 0.717) is 0 Å². The van der Waals surface area contributed by atoms with Gasteiger partial charge in [-0.2, -0.15) is 0 Å². The molecule has 0 saturated heterocycles. The number of nitrogens with zero attached hydrogens (tertiary/aromatic N) is 1. The zero-order valence-electron chi connectivity index (χ0n) is 7.11. The molecule has 0 saturated carbocycles. The van der Waals surface area contributed by atoms with Crippen LogP contribution in [0.2, 0.25) is 0 Å². The average Bonchev–Trinajstić information content (AvgIpc) is 2.61. The van der Waals surface area contributed by atoms with Crippen molar-refractivity contribution in [2.45, 2.75) is 0 Å². The molecule has 0 fully saturated rings. The molecular weight excluding hydrogens is 202 g/mol. The summed E-state index contributed by atoms with van der Waals surface area (Å²) in [7, 11) is 0. The summed E-state index contributed by atoms with van der Waals surface area (Å²) in [6, 6.07) is 5.80. The van der Waals surface area contributed by atoms with Crippen LogP contribution in [0.25, 0.3) is 21.9 Å². The van der Waals surface area contributed by atoms with E-state index in [1.54, 1.807) is 12.5 Å². The standard InChI is InChI=1S/C10H6NO2.ClH/c1-2-12-5-8-4-10-9(3-7(1)8)11-6-13-10;/h1-6H;1H/q+1;/p-1. The van der Waals surface area contributed by atoms with Gasteiger partial charge >= 0.3 is 12.5 Å². The van der Waals surface area contributed by atoms with Crippen LogP contribution in [0.5, 0.6) is 0 Å². The van der Waals surface area contributed by atoms with Gasteiger partial charge in [0.15, 0.2) is 12.0 Å². The van der Waals surface area contributed by atoms with Gasteiger partial charge in [-0.15, -0.1) is 0 Å². The minimum absolute atomic E-state index is 0. The number of oxazole rings is 1. The van der Waals surface area contributed by atoms with E-state index in [9.17, 15) is 0 Å². The summed E-state index contributed by atoms with van der Waals surface area (Å²) in [5.74, 6) is 0. The zero-order chi connectivity index (χ0) is 8.67. The van der Waals surface area contributed by atoms with E-state index in [1.807, 2.05) is 18.2 Å². The van der Waals surface area contributed by atoms with Gasteiger partial charge in [0.05, 0.1) is 5.39 Å². The van der Waals surface area contributed by atoms with Crippen LogP contribution >= 0.6 is 0 Å². The third-order valence-electron chi connectivity index (χ3n) is 2.06. The van der Waals surface area contributed by atoms with Gasteiger partial charge in [-0.1, -0.05) is 0 Å². The molecule has 0 bridgehead atoms. The summed E-state index contributed by atoms with van der Waals surface area (Å²) >= 11 is 0. The van der Waals surface area contributed by atoms with Crippen LogP contribution in [0.1, 0.15) is 0 Å². The number of hydrogen-bond donors (Lipinski definition) is 0. The average molecular weight is 208 g/mol. The van der Waals surface area contributed by atoms with Crippen molar-refractivity contribution in [1.82, 2.24) is 4.98 Å². The van der Waals surface area contributed by atoms with E-state index < -0.39 is 0 Å². The van der Waals surface area contributed by atoms with E-state index in [4.69, 9.17) is 8.83 Å². The molecule has 3 rings (SSSR count). The highest BCUT2D eigenvalue weighted by atomic mass is 35.5. The molecule has 0 amide bonds. The molecule has 2 aromatic heterocycles. The highest BCUT2D eigenvalue weighted by Crippen LogP contribution is 2.21. The summed E-state index contributed by atoms with van der Waals surface area (Å²) in [5.41, 5.74) is 1.66. The number of benzene rings is 1. The first-order valence-corrected chi connectivity index (χ1v) is 3.96. The quantitative estimate of drug-likeness (QED) is 0.482. The Morgan fingerprint density at radius 3 is 3.07 bits per heavy atom. The Kier molecular flexibility index (Phi) is 2.09. The van der Waals surface area contributed by atoms with E-state index in [-0.39, 0.29) is 12.4 Å². The van der Waals surface area contributed by atoms with Crippen LogP contribution in [0.4, 0.5) is 0 Å². The van der Waals surface area contributed by atoms with Gasteiger partial charge < -0.3 is 16.8 Å². The molecule has 0 atom stereocenters. The topological polar surface area (TPSA) is 37.3 Å². The van der Waals surface area contributed by atoms with Crippen molar-refractivity contribution in [3.63, 3.8) is 0 Å². The second-order valence-electron chi connectivity index (χ2n) is 2.86. The molecule has 3 aromatic rings. The van der Waals surface area contributed by atoms with E-state index >= 15 is 0 Å². The predicted molar refractivity (Wildman–Crippen MR) is 48.2 cm³/mol. The van der Waals surface area contributed by atoms with Crippen molar-refractivity contribution in [3.8, 4) is 0 Å². The summed E-state index contributed by atoms with van der Waals surface area (Å²) < 4.78 is 10.2. The van der Waals surface area contributed by atoms with Crippen molar-refractivity contribution in [1.29, 1.82) is 0 Å². The van der Waals surface area contributed by atoms with Crippen LogP contribution in [0.3, 0.4) is 0 Å². The maximum Gasteiger partial charge on any atom is 0.325 e. The SMILES string of the molecule is [Cl-].c1nc2cc3cc[o+]cc3cc2o1. The molecule has 14 heavy (non-hydrogen) atoms. The molecule has 0 aliphatic carbocycles. The molecule has 0 unspecified atom stereocenters. The lowest BCUT2D eigenvalue weighted by Gasteiger charge is -1.89. The van der Waals surface area contributed by atoms with Crippen LogP contribution < -0.4 is 12.4 Å².